The fraction of sp³-hybridized carbons (Fsp3) is 0.333. The highest BCUT2D eigenvalue weighted by Gasteiger charge is 2.34. The van der Waals surface area contributed by atoms with Gasteiger partial charge in [-0.3, -0.25) is 24.0 Å². The van der Waals surface area contributed by atoms with E-state index in [1.54, 1.807) is 0 Å². The van der Waals surface area contributed by atoms with Gasteiger partial charge in [-0.1, -0.05) is 60.2 Å². The molecule has 0 aliphatic carbocycles. The Balaban J connectivity index is 2.13. The summed E-state index contributed by atoms with van der Waals surface area (Å²) in [6.45, 7) is 4.83. The highest BCUT2D eigenvalue weighted by Crippen LogP contribution is 2.34. The second-order valence-corrected chi connectivity index (χ2v) is 12.2. The number of anilines is 1. The first-order chi connectivity index (χ1) is 19.8. The number of carbonyl (C=O) groups excluding carboxylic acids is 2. The van der Waals surface area contributed by atoms with Crippen LogP contribution in [-0.4, -0.2) is 62.0 Å². The van der Waals surface area contributed by atoms with Gasteiger partial charge in [0.15, 0.2) is 0 Å². The van der Waals surface area contributed by atoms with E-state index in [4.69, 9.17) is 4.74 Å². The average molecular weight is 597 g/mol. The number of nitrogens with zero attached hydrogens (tertiary/aromatic N) is 3. The molecular formula is C30H36N4O7S. The molecule has 11 nitrogen and oxygen atoms in total. The number of ether oxygens (including phenoxy) is 1. The lowest BCUT2D eigenvalue weighted by molar-refractivity contribution is -0.384. The maximum absolute atomic E-state index is 14.2. The molecule has 0 bridgehead atoms. The maximum atomic E-state index is 14.2. The Bertz CT molecular complexity index is 1530. The Kier molecular flexibility index (Phi) is 10.6. The number of amides is 2. The molecule has 1 N–H and O–H groups in total. The zero-order valence-electron chi connectivity index (χ0n) is 24.3. The Morgan fingerprint density at radius 3 is 2.24 bits per heavy atom. The average Bonchev–Trinajstić information content (AvgIpc) is 2.92. The summed E-state index contributed by atoms with van der Waals surface area (Å²) in [5.74, 6) is -1.04. The minimum atomic E-state index is -4.14. The summed E-state index contributed by atoms with van der Waals surface area (Å²) in [5.41, 5.74) is 1.97. The lowest BCUT2D eigenvalue weighted by Gasteiger charge is -2.34. The second kappa shape index (κ2) is 13.9. The molecule has 0 radical (unpaired) electrons. The maximum Gasteiger partial charge on any atom is 0.271 e. The Hall–Kier alpha value is -4.45. The summed E-state index contributed by atoms with van der Waals surface area (Å²) >= 11 is 0. The van der Waals surface area contributed by atoms with Crippen molar-refractivity contribution in [2.24, 2.45) is 0 Å². The molecule has 3 rings (SSSR count). The molecule has 0 saturated carbocycles. The van der Waals surface area contributed by atoms with E-state index in [0.29, 0.717) is 0 Å². The standard InChI is InChI=1S/C30H36N4O7S/c1-21(2)31-30(36)27(17-23-11-7-6-8-12-23)32(19-24-13-9-10-22(3)16-24)29(35)20-33(42(5,39)40)26-18-25(34(37)38)14-15-28(26)41-4/h6-16,18,21,27H,17,19-20H2,1-5H3,(H,31,36)/t27-/m1/s1. The normalized spacial score (nSPS) is 12.0. The van der Waals surface area contributed by atoms with E-state index in [9.17, 15) is 28.1 Å². The molecule has 0 heterocycles. The van der Waals surface area contributed by atoms with Crippen molar-refractivity contribution in [1.82, 2.24) is 10.2 Å². The molecule has 3 aromatic rings. The lowest BCUT2D eigenvalue weighted by Crippen LogP contribution is -2.54. The minimum Gasteiger partial charge on any atom is -0.495 e. The van der Waals surface area contributed by atoms with Gasteiger partial charge in [0, 0.05) is 31.1 Å². The Morgan fingerprint density at radius 2 is 1.67 bits per heavy atom. The zero-order chi connectivity index (χ0) is 31.0. The number of benzene rings is 3. The van der Waals surface area contributed by atoms with Crippen LogP contribution in [0.25, 0.3) is 0 Å². The molecule has 0 fully saturated rings. The van der Waals surface area contributed by atoms with Gasteiger partial charge in [0.1, 0.15) is 24.0 Å². The number of methoxy groups -OCH3 is 1. The lowest BCUT2D eigenvalue weighted by atomic mass is 10.0. The number of hydrogen-bond donors (Lipinski definition) is 1. The number of sulfonamides is 1. The molecule has 0 spiro atoms. The number of carbonyl (C=O) groups is 2. The van der Waals surface area contributed by atoms with Crippen LogP contribution >= 0.6 is 0 Å². The number of nitrogens with one attached hydrogen (secondary N) is 1. The van der Waals surface area contributed by atoms with Crippen molar-refractivity contribution < 1.29 is 27.7 Å². The van der Waals surface area contributed by atoms with Crippen molar-refractivity contribution in [1.29, 1.82) is 0 Å². The molecule has 0 aliphatic rings. The van der Waals surface area contributed by atoms with E-state index in [0.717, 1.165) is 33.3 Å². The first-order valence-electron chi connectivity index (χ1n) is 13.3. The van der Waals surface area contributed by atoms with Crippen molar-refractivity contribution >= 4 is 33.2 Å². The SMILES string of the molecule is COc1ccc([N+](=O)[O-])cc1N(CC(=O)N(Cc1cccc(C)c1)[C@H](Cc1ccccc1)C(=O)NC(C)C)S(C)(=O)=O. The van der Waals surface area contributed by atoms with Gasteiger partial charge in [-0.25, -0.2) is 8.42 Å². The van der Waals surface area contributed by atoms with Gasteiger partial charge in [0.2, 0.25) is 21.8 Å². The van der Waals surface area contributed by atoms with E-state index in [1.165, 1.54) is 24.1 Å². The number of aryl methyl sites for hydroxylation is 1. The summed E-state index contributed by atoms with van der Waals surface area (Å²) in [6, 6.07) is 19.0. The van der Waals surface area contributed by atoms with Gasteiger partial charge in [-0.2, -0.15) is 0 Å². The molecule has 12 heteroatoms. The predicted octanol–water partition coefficient (Wildman–Crippen LogP) is 3.84. The van der Waals surface area contributed by atoms with Crippen LogP contribution in [-0.2, 0) is 32.6 Å². The highest BCUT2D eigenvalue weighted by molar-refractivity contribution is 7.92. The van der Waals surface area contributed by atoms with Gasteiger partial charge in [0.25, 0.3) is 5.69 Å². The molecule has 0 aromatic heterocycles. The van der Waals surface area contributed by atoms with E-state index in [2.05, 4.69) is 5.32 Å². The molecule has 0 aliphatic heterocycles. The largest absolute Gasteiger partial charge is 0.495 e. The van der Waals surface area contributed by atoms with Crippen LogP contribution < -0.4 is 14.4 Å². The van der Waals surface area contributed by atoms with Crippen molar-refractivity contribution in [3.8, 4) is 5.75 Å². The third kappa shape index (κ3) is 8.53. The predicted molar refractivity (Wildman–Crippen MR) is 161 cm³/mol. The van der Waals surface area contributed by atoms with E-state index in [-0.39, 0.29) is 36.1 Å². The summed E-state index contributed by atoms with van der Waals surface area (Å²) in [4.78, 5) is 40.0. The van der Waals surface area contributed by atoms with Crippen LogP contribution in [0.5, 0.6) is 5.75 Å². The fourth-order valence-corrected chi connectivity index (χ4v) is 5.37. The number of hydrogen-bond acceptors (Lipinski definition) is 7. The van der Waals surface area contributed by atoms with Gasteiger partial charge in [-0.05, 0) is 38.0 Å². The van der Waals surface area contributed by atoms with Crippen LogP contribution in [0.3, 0.4) is 0 Å². The minimum absolute atomic E-state index is 0.0210. The summed E-state index contributed by atoms with van der Waals surface area (Å²) < 4.78 is 32.1. The molecule has 1 atom stereocenters. The van der Waals surface area contributed by atoms with Gasteiger partial charge < -0.3 is 15.0 Å². The number of non-ortho nitro benzene ring substituents is 1. The van der Waals surface area contributed by atoms with E-state index < -0.39 is 39.3 Å². The van der Waals surface area contributed by atoms with Crippen molar-refractivity contribution in [3.05, 3.63) is 99.6 Å². The smallest absolute Gasteiger partial charge is 0.271 e. The number of rotatable bonds is 13. The van der Waals surface area contributed by atoms with Crippen molar-refractivity contribution in [3.63, 3.8) is 0 Å². The second-order valence-electron chi connectivity index (χ2n) is 10.3. The summed E-state index contributed by atoms with van der Waals surface area (Å²) in [5, 5.41) is 14.4. The number of nitro groups is 1. The van der Waals surface area contributed by atoms with Crippen molar-refractivity contribution in [2.45, 2.75) is 45.8 Å². The Labute approximate surface area is 246 Å². The van der Waals surface area contributed by atoms with Gasteiger partial charge in [0.05, 0.1) is 18.3 Å². The van der Waals surface area contributed by atoms with Crippen molar-refractivity contribution in [2.75, 3.05) is 24.2 Å². The third-order valence-electron chi connectivity index (χ3n) is 6.46. The molecule has 224 valence electrons. The fourth-order valence-electron chi connectivity index (χ4n) is 4.52. The van der Waals surface area contributed by atoms with Crippen LogP contribution in [0.2, 0.25) is 0 Å². The highest BCUT2D eigenvalue weighted by atomic mass is 32.2. The first kappa shape index (κ1) is 32.1. The van der Waals surface area contributed by atoms with E-state index in [1.807, 2.05) is 75.4 Å². The molecule has 42 heavy (non-hydrogen) atoms. The first-order valence-corrected chi connectivity index (χ1v) is 15.1. The molecule has 0 unspecified atom stereocenters. The summed E-state index contributed by atoms with van der Waals surface area (Å²) in [7, 11) is -2.85. The quantitative estimate of drug-likeness (QED) is 0.234. The molecule has 2 amide bonds. The van der Waals surface area contributed by atoms with Gasteiger partial charge in [-0.15, -0.1) is 0 Å². The molecule has 0 saturated heterocycles. The molecular weight excluding hydrogens is 560 g/mol. The van der Waals surface area contributed by atoms with Crippen LogP contribution in [0, 0.1) is 17.0 Å². The van der Waals surface area contributed by atoms with Crippen LogP contribution in [0.15, 0.2) is 72.8 Å². The van der Waals surface area contributed by atoms with Crippen LogP contribution in [0.4, 0.5) is 11.4 Å². The zero-order valence-corrected chi connectivity index (χ0v) is 25.1. The topological polar surface area (TPSA) is 139 Å². The van der Waals surface area contributed by atoms with E-state index >= 15 is 0 Å². The third-order valence-corrected chi connectivity index (χ3v) is 7.59. The molecule has 3 aromatic carbocycles. The van der Waals surface area contributed by atoms with Crippen LogP contribution in [0.1, 0.15) is 30.5 Å². The Morgan fingerprint density at radius 1 is 1.00 bits per heavy atom. The summed E-state index contributed by atoms with van der Waals surface area (Å²) in [6.07, 6.45) is 1.08. The number of nitro benzene ring substituents is 1. The van der Waals surface area contributed by atoms with Gasteiger partial charge >= 0.3 is 0 Å². The monoisotopic (exact) mass is 596 g/mol.